The molecule has 0 N–H and O–H groups in total. The van der Waals surface area contributed by atoms with Crippen LogP contribution in [-0.4, -0.2) is 31.9 Å². The van der Waals surface area contributed by atoms with Gasteiger partial charge in [0.25, 0.3) is 0 Å². The van der Waals surface area contributed by atoms with E-state index in [1.807, 2.05) is 0 Å². The Morgan fingerprint density at radius 2 is 1.95 bits per heavy atom. The lowest BCUT2D eigenvalue weighted by Crippen LogP contribution is -2.32. The van der Waals surface area contributed by atoms with Crippen LogP contribution in [0.25, 0.3) is 0 Å². The van der Waals surface area contributed by atoms with Gasteiger partial charge in [-0.1, -0.05) is 19.3 Å². The van der Waals surface area contributed by atoms with E-state index in [-0.39, 0.29) is 5.60 Å². The number of hydrogen-bond donors (Lipinski definition) is 0. The van der Waals surface area contributed by atoms with E-state index >= 15 is 0 Å². The Morgan fingerprint density at radius 1 is 1.11 bits per heavy atom. The van der Waals surface area contributed by atoms with E-state index in [2.05, 4.69) is 15.4 Å². The summed E-state index contributed by atoms with van der Waals surface area (Å²) in [5.74, 6) is 1.52. The molecule has 1 saturated heterocycles. The number of tetrazole rings is 1. The Labute approximate surface area is 113 Å². The van der Waals surface area contributed by atoms with Gasteiger partial charge in [-0.15, -0.1) is 10.2 Å². The molecule has 5 nitrogen and oxygen atoms in total. The first-order valence-corrected chi connectivity index (χ1v) is 7.79. The highest BCUT2D eigenvalue weighted by Crippen LogP contribution is 2.42. The summed E-state index contributed by atoms with van der Waals surface area (Å²) >= 11 is 0. The van der Waals surface area contributed by atoms with Gasteiger partial charge in [-0.3, -0.25) is 0 Å². The highest BCUT2D eigenvalue weighted by atomic mass is 16.5. The zero-order chi connectivity index (χ0) is 12.7. The van der Waals surface area contributed by atoms with E-state index in [0.717, 1.165) is 18.8 Å². The fraction of sp³-hybridized carbons (Fsp3) is 0.929. The molecular weight excluding hydrogens is 240 g/mol. The lowest BCUT2D eigenvalue weighted by atomic mass is 9.83. The fourth-order valence-electron chi connectivity index (χ4n) is 3.61. The third-order valence-corrected chi connectivity index (χ3v) is 4.88. The second kappa shape index (κ2) is 4.54. The molecule has 1 unspecified atom stereocenters. The van der Waals surface area contributed by atoms with Crippen molar-refractivity contribution in [2.24, 2.45) is 0 Å². The zero-order valence-electron chi connectivity index (χ0n) is 11.4. The molecule has 1 aromatic rings. The summed E-state index contributed by atoms with van der Waals surface area (Å²) in [6.45, 7) is 0.779. The topological polar surface area (TPSA) is 52.8 Å². The van der Waals surface area contributed by atoms with Gasteiger partial charge in [-0.25, -0.2) is 0 Å². The molecular formula is C14H22N4O. The van der Waals surface area contributed by atoms with Crippen LogP contribution in [0.1, 0.15) is 69.5 Å². The molecule has 2 aliphatic carbocycles. The molecule has 0 radical (unpaired) electrons. The molecule has 104 valence electrons. The van der Waals surface area contributed by atoms with E-state index in [4.69, 9.17) is 4.74 Å². The lowest BCUT2D eigenvalue weighted by molar-refractivity contribution is -0.0700. The molecule has 1 aromatic heterocycles. The second-order valence-electron chi connectivity index (χ2n) is 6.50. The Bertz CT molecular complexity index is 448. The first kappa shape index (κ1) is 11.8. The van der Waals surface area contributed by atoms with E-state index < -0.39 is 0 Å². The molecule has 5 heteroatoms. The molecule has 0 aromatic carbocycles. The van der Waals surface area contributed by atoms with Crippen molar-refractivity contribution in [3.05, 3.63) is 5.82 Å². The van der Waals surface area contributed by atoms with Gasteiger partial charge in [0.1, 0.15) is 0 Å². The Hall–Kier alpha value is -0.970. The van der Waals surface area contributed by atoms with Crippen LogP contribution in [0.15, 0.2) is 0 Å². The second-order valence-corrected chi connectivity index (χ2v) is 6.50. The minimum atomic E-state index is 0.197. The molecule has 0 bridgehead atoms. The van der Waals surface area contributed by atoms with Gasteiger partial charge in [-0.05, 0) is 43.7 Å². The fourth-order valence-corrected chi connectivity index (χ4v) is 3.61. The van der Waals surface area contributed by atoms with Gasteiger partial charge in [0, 0.05) is 5.92 Å². The molecule has 1 aliphatic heterocycles. The lowest BCUT2D eigenvalue weighted by Gasteiger charge is -2.33. The third kappa shape index (κ3) is 2.40. The maximum Gasteiger partial charge on any atom is 0.177 e. The molecule has 3 fully saturated rings. The van der Waals surface area contributed by atoms with Gasteiger partial charge in [0.2, 0.25) is 0 Å². The first-order valence-electron chi connectivity index (χ1n) is 7.79. The number of ether oxygens (including phenoxy) is 1. The van der Waals surface area contributed by atoms with Crippen molar-refractivity contribution >= 4 is 0 Å². The summed E-state index contributed by atoms with van der Waals surface area (Å²) in [6.07, 6.45) is 11.7. The third-order valence-electron chi connectivity index (χ3n) is 4.88. The smallest absolute Gasteiger partial charge is 0.177 e. The normalized spacial score (nSPS) is 30.0. The van der Waals surface area contributed by atoms with Gasteiger partial charge in [-0.2, -0.15) is 4.80 Å². The summed E-state index contributed by atoms with van der Waals surface area (Å²) in [4.78, 5) is 1.75. The SMILES string of the molecule is C1CCC2(CC1)CCC(Cn1nnc(C3CC3)n1)O2. The molecule has 2 saturated carbocycles. The standard InChI is InChI=1S/C14H22N4O/c1-2-7-14(8-3-1)9-6-12(19-14)10-18-16-13(15-17-18)11-4-5-11/h11-12H,1-10H2. The van der Waals surface area contributed by atoms with Crippen LogP contribution in [0.5, 0.6) is 0 Å². The highest BCUT2D eigenvalue weighted by Gasteiger charge is 2.41. The van der Waals surface area contributed by atoms with Crippen molar-refractivity contribution in [2.45, 2.75) is 82.0 Å². The predicted molar refractivity (Wildman–Crippen MR) is 69.7 cm³/mol. The summed E-state index contributed by atoms with van der Waals surface area (Å²) in [7, 11) is 0. The maximum absolute atomic E-state index is 6.35. The zero-order valence-corrected chi connectivity index (χ0v) is 11.4. The van der Waals surface area contributed by atoms with Crippen LogP contribution in [0.4, 0.5) is 0 Å². The minimum absolute atomic E-state index is 0.197. The Balaban J connectivity index is 1.37. The Kier molecular flexibility index (Phi) is 2.83. The van der Waals surface area contributed by atoms with Crippen LogP contribution in [0.3, 0.4) is 0 Å². The number of aromatic nitrogens is 4. The number of nitrogens with zero attached hydrogens (tertiary/aromatic N) is 4. The Morgan fingerprint density at radius 3 is 2.74 bits per heavy atom. The molecule has 3 aliphatic rings. The van der Waals surface area contributed by atoms with E-state index in [1.165, 1.54) is 51.4 Å². The van der Waals surface area contributed by atoms with Crippen molar-refractivity contribution in [1.82, 2.24) is 20.2 Å². The molecule has 1 spiro atoms. The van der Waals surface area contributed by atoms with Crippen molar-refractivity contribution in [1.29, 1.82) is 0 Å². The number of hydrogen-bond acceptors (Lipinski definition) is 4. The molecule has 1 atom stereocenters. The van der Waals surface area contributed by atoms with E-state index in [0.29, 0.717) is 12.0 Å². The predicted octanol–water partition coefficient (Wildman–Crippen LogP) is 2.43. The van der Waals surface area contributed by atoms with Crippen molar-refractivity contribution in [3.63, 3.8) is 0 Å². The van der Waals surface area contributed by atoms with Crippen molar-refractivity contribution in [2.75, 3.05) is 0 Å². The van der Waals surface area contributed by atoms with E-state index in [9.17, 15) is 0 Å². The molecule has 0 amide bonds. The largest absolute Gasteiger partial charge is 0.370 e. The molecule has 2 heterocycles. The summed E-state index contributed by atoms with van der Waals surface area (Å²) < 4.78 is 6.35. The van der Waals surface area contributed by atoms with Crippen molar-refractivity contribution in [3.8, 4) is 0 Å². The van der Waals surface area contributed by atoms with Crippen LogP contribution < -0.4 is 0 Å². The van der Waals surface area contributed by atoms with E-state index in [1.54, 1.807) is 4.80 Å². The molecule has 19 heavy (non-hydrogen) atoms. The highest BCUT2D eigenvalue weighted by molar-refractivity contribution is 5.00. The summed E-state index contributed by atoms with van der Waals surface area (Å²) in [5.41, 5.74) is 0.197. The van der Waals surface area contributed by atoms with Gasteiger partial charge in [0.05, 0.1) is 18.2 Å². The first-order chi connectivity index (χ1) is 9.33. The summed E-state index contributed by atoms with van der Waals surface area (Å²) in [5, 5.41) is 12.8. The monoisotopic (exact) mass is 262 g/mol. The quantitative estimate of drug-likeness (QED) is 0.839. The van der Waals surface area contributed by atoms with Crippen LogP contribution >= 0.6 is 0 Å². The van der Waals surface area contributed by atoms with Crippen molar-refractivity contribution < 1.29 is 4.74 Å². The minimum Gasteiger partial charge on any atom is -0.370 e. The van der Waals surface area contributed by atoms with Gasteiger partial charge in [0.15, 0.2) is 5.82 Å². The average molecular weight is 262 g/mol. The van der Waals surface area contributed by atoms with Crippen LogP contribution in [0.2, 0.25) is 0 Å². The van der Waals surface area contributed by atoms with Gasteiger partial charge >= 0.3 is 0 Å². The van der Waals surface area contributed by atoms with Crippen LogP contribution in [0, 0.1) is 0 Å². The summed E-state index contributed by atoms with van der Waals surface area (Å²) in [6, 6.07) is 0. The number of rotatable bonds is 3. The maximum atomic E-state index is 6.35. The van der Waals surface area contributed by atoms with Crippen LogP contribution in [-0.2, 0) is 11.3 Å². The van der Waals surface area contributed by atoms with Gasteiger partial charge < -0.3 is 4.74 Å². The average Bonchev–Trinajstić information content (AvgIpc) is 3.07. The molecule has 4 rings (SSSR count).